The zero-order valence-electron chi connectivity index (χ0n) is 8.79. The normalized spacial score (nSPS) is 12.7. The number of benzene rings is 1. The topological polar surface area (TPSA) is 61.3 Å². The molecular formula is C11H18N2O. The second-order valence-corrected chi connectivity index (χ2v) is 3.29. The van der Waals surface area contributed by atoms with Crippen molar-refractivity contribution >= 4 is 11.4 Å². The fourth-order valence-corrected chi connectivity index (χ4v) is 1.54. The van der Waals surface area contributed by atoms with Crippen LogP contribution < -0.4 is 11.5 Å². The third kappa shape index (κ3) is 2.64. The lowest BCUT2D eigenvalue weighted by molar-refractivity contribution is 0.0599. The van der Waals surface area contributed by atoms with Crippen molar-refractivity contribution < 1.29 is 4.74 Å². The second-order valence-electron chi connectivity index (χ2n) is 3.29. The van der Waals surface area contributed by atoms with E-state index in [-0.39, 0.29) is 6.10 Å². The average molecular weight is 194 g/mol. The molecule has 0 aromatic heterocycles. The summed E-state index contributed by atoms with van der Waals surface area (Å²) in [7, 11) is 0. The van der Waals surface area contributed by atoms with E-state index in [9.17, 15) is 0 Å². The quantitative estimate of drug-likeness (QED) is 0.723. The van der Waals surface area contributed by atoms with Crippen LogP contribution in [0.5, 0.6) is 0 Å². The molecule has 0 fully saturated rings. The highest BCUT2D eigenvalue weighted by Crippen LogP contribution is 2.25. The highest BCUT2D eigenvalue weighted by atomic mass is 16.5. The van der Waals surface area contributed by atoms with Crippen molar-refractivity contribution in [3.63, 3.8) is 0 Å². The molecule has 3 nitrogen and oxygen atoms in total. The lowest BCUT2D eigenvalue weighted by atomic mass is 10.1. The molecule has 3 heteroatoms. The summed E-state index contributed by atoms with van der Waals surface area (Å²) in [6.45, 7) is 4.77. The van der Waals surface area contributed by atoms with Crippen LogP contribution in [0, 0.1) is 0 Å². The van der Waals surface area contributed by atoms with Crippen molar-refractivity contribution in [1.29, 1.82) is 0 Å². The number of ether oxygens (including phenoxy) is 1. The minimum absolute atomic E-state index is 0.103. The molecule has 0 heterocycles. The molecule has 0 amide bonds. The lowest BCUT2D eigenvalue weighted by Crippen LogP contribution is -2.04. The second kappa shape index (κ2) is 4.86. The maximum atomic E-state index is 5.71. The summed E-state index contributed by atoms with van der Waals surface area (Å²) < 4.78 is 5.58. The molecule has 0 aliphatic heterocycles. The van der Waals surface area contributed by atoms with Crippen LogP contribution in [0.4, 0.5) is 11.4 Å². The Morgan fingerprint density at radius 1 is 1.14 bits per heavy atom. The first-order valence-corrected chi connectivity index (χ1v) is 4.94. The third-order valence-corrected chi connectivity index (χ3v) is 2.11. The van der Waals surface area contributed by atoms with Crippen LogP contribution in [0.15, 0.2) is 18.2 Å². The van der Waals surface area contributed by atoms with Gasteiger partial charge in [0.15, 0.2) is 0 Å². The van der Waals surface area contributed by atoms with Crippen LogP contribution in [0.25, 0.3) is 0 Å². The van der Waals surface area contributed by atoms with Gasteiger partial charge in [0.1, 0.15) is 0 Å². The monoisotopic (exact) mass is 194 g/mol. The number of rotatable bonds is 4. The summed E-state index contributed by atoms with van der Waals surface area (Å²) >= 11 is 0. The van der Waals surface area contributed by atoms with Crippen LogP contribution in [0.1, 0.15) is 31.9 Å². The SMILES string of the molecule is CCOC(CC)c1cc(N)cc(N)c1. The third-order valence-electron chi connectivity index (χ3n) is 2.11. The molecule has 0 saturated carbocycles. The average Bonchev–Trinajstić information content (AvgIpc) is 2.12. The predicted molar refractivity (Wildman–Crippen MR) is 59.9 cm³/mol. The van der Waals surface area contributed by atoms with Crippen molar-refractivity contribution in [3.8, 4) is 0 Å². The van der Waals surface area contributed by atoms with E-state index in [0.29, 0.717) is 18.0 Å². The first kappa shape index (κ1) is 10.9. The van der Waals surface area contributed by atoms with E-state index in [2.05, 4.69) is 6.92 Å². The Hall–Kier alpha value is -1.22. The van der Waals surface area contributed by atoms with Gasteiger partial charge in [0.25, 0.3) is 0 Å². The van der Waals surface area contributed by atoms with Crippen molar-refractivity contribution in [2.45, 2.75) is 26.4 Å². The molecule has 78 valence electrons. The van der Waals surface area contributed by atoms with Crippen molar-refractivity contribution in [2.75, 3.05) is 18.1 Å². The smallest absolute Gasteiger partial charge is 0.0823 e. The number of anilines is 2. The Bertz CT molecular complexity index is 279. The Kier molecular flexibility index (Phi) is 3.77. The van der Waals surface area contributed by atoms with E-state index >= 15 is 0 Å². The van der Waals surface area contributed by atoms with E-state index in [1.165, 1.54) is 0 Å². The summed E-state index contributed by atoms with van der Waals surface area (Å²) in [5.74, 6) is 0. The molecule has 1 unspecified atom stereocenters. The first-order valence-electron chi connectivity index (χ1n) is 4.94. The largest absolute Gasteiger partial charge is 0.399 e. The Morgan fingerprint density at radius 2 is 1.71 bits per heavy atom. The van der Waals surface area contributed by atoms with Gasteiger partial charge >= 0.3 is 0 Å². The van der Waals surface area contributed by atoms with Crippen LogP contribution in [-0.4, -0.2) is 6.61 Å². The number of hydrogen-bond donors (Lipinski definition) is 2. The van der Waals surface area contributed by atoms with Crippen molar-refractivity contribution in [1.82, 2.24) is 0 Å². The minimum Gasteiger partial charge on any atom is -0.399 e. The van der Waals surface area contributed by atoms with Crippen LogP contribution in [0.2, 0.25) is 0 Å². The molecule has 0 spiro atoms. The van der Waals surface area contributed by atoms with Gasteiger partial charge in [-0.25, -0.2) is 0 Å². The molecule has 1 aromatic rings. The fraction of sp³-hybridized carbons (Fsp3) is 0.455. The molecule has 0 radical (unpaired) electrons. The summed E-state index contributed by atoms with van der Waals surface area (Å²) in [4.78, 5) is 0. The summed E-state index contributed by atoms with van der Waals surface area (Å²) in [5, 5.41) is 0. The van der Waals surface area contributed by atoms with Crippen LogP contribution in [0.3, 0.4) is 0 Å². The van der Waals surface area contributed by atoms with Gasteiger partial charge in [-0.05, 0) is 37.1 Å². The van der Waals surface area contributed by atoms with E-state index in [1.807, 2.05) is 19.1 Å². The van der Waals surface area contributed by atoms with Gasteiger partial charge in [-0.3, -0.25) is 0 Å². The highest BCUT2D eigenvalue weighted by molar-refractivity contribution is 5.54. The van der Waals surface area contributed by atoms with Gasteiger partial charge in [-0.1, -0.05) is 6.92 Å². The maximum Gasteiger partial charge on any atom is 0.0823 e. The van der Waals surface area contributed by atoms with Gasteiger partial charge in [-0.15, -0.1) is 0 Å². The molecule has 1 atom stereocenters. The molecule has 0 bridgehead atoms. The standard InChI is InChI=1S/C11H18N2O/c1-3-11(14-4-2)8-5-9(12)7-10(13)6-8/h5-7,11H,3-4,12-13H2,1-2H3. The van der Waals surface area contributed by atoms with Gasteiger partial charge in [0.05, 0.1) is 6.10 Å². The van der Waals surface area contributed by atoms with E-state index < -0.39 is 0 Å². The predicted octanol–water partition coefficient (Wildman–Crippen LogP) is 2.34. The van der Waals surface area contributed by atoms with Gasteiger partial charge in [-0.2, -0.15) is 0 Å². The highest BCUT2D eigenvalue weighted by Gasteiger charge is 2.09. The molecule has 1 rings (SSSR count). The zero-order valence-corrected chi connectivity index (χ0v) is 8.79. The first-order chi connectivity index (χ1) is 6.67. The Morgan fingerprint density at radius 3 is 2.14 bits per heavy atom. The van der Waals surface area contributed by atoms with E-state index in [4.69, 9.17) is 16.2 Å². The molecule has 0 saturated heterocycles. The fourth-order valence-electron chi connectivity index (χ4n) is 1.54. The molecular weight excluding hydrogens is 176 g/mol. The van der Waals surface area contributed by atoms with Crippen molar-refractivity contribution in [2.24, 2.45) is 0 Å². The minimum atomic E-state index is 0.103. The van der Waals surface area contributed by atoms with Crippen LogP contribution in [-0.2, 0) is 4.74 Å². The summed E-state index contributed by atoms with van der Waals surface area (Å²) in [6, 6.07) is 5.59. The van der Waals surface area contributed by atoms with E-state index in [0.717, 1.165) is 12.0 Å². The molecule has 14 heavy (non-hydrogen) atoms. The van der Waals surface area contributed by atoms with Crippen LogP contribution >= 0.6 is 0 Å². The molecule has 0 aliphatic rings. The number of hydrogen-bond acceptors (Lipinski definition) is 3. The van der Waals surface area contributed by atoms with E-state index in [1.54, 1.807) is 6.07 Å². The molecule has 1 aromatic carbocycles. The van der Waals surface area contributed by atoms with Gasteiger partial charge in [0.2, 0.25) is 0 Å². The number of nitrogens with two attached hydrogens (primary N) is 2. The number of nitrogen functional groups attached to an aromatic ring is 2. The lowest BCUT2D eigenvalue weighted by Gasteiger charge is -2.16. The Labute approximate surface area is 85.0 Å². The van der Waals surface area contributed by atoms with Gasteiger partial charge < -0.3 is 16.2 Å². The molecule has 4 N–H and O–H groups in total. The maximum absolute atomic E-state index is 5.71. The summed E-state index contributed by atoms with van der Waals surface area (Å²) in [5.41, 5.74) is 13.9. The Balaban J connectivity index is 2.91. The van der Waals surface area contributed by atoms with Gasteiger partial charge in [0, 0.05) is 18.0 Å². The zero-order chi connectivity index (χ0) is 10.6. The van der Waals surface area contributed by atoms with Crippen molar-refractivity contribution in [3.05, 3.63) is 23.8 Å². The molecule has 0 aliphatic carbocycles. The summed E-state index contributed by atoms with van der Waals surface area (Å²) in [6.07, 6.45) is 1.03.